The number of benzene rings is 1. The summed E-state index contributed by atoms with van der Waals surface area (Å²) in [6.07, 6.45) is 0. The van der Waals surface area contributed by atoms with Crippen molar-refractivity contribution in [2.24, 2.45) is 0 Å². The average Bonchev–Trinajstić information content (AvgIpc) is 2.91. The standard InChI is InChI=1S/C14H12FN3OS/c1-8-3-4-9(7-11(8)15)19-12-10-5-6-20-13(10)18-14(16-2)17-12/h3-7H,1-2H3,(H,16,17,18). The van der Waals surface area contributed by atoms with E-state index >= 15 is 0 Å². The molecule has 4 nitrogen and oxygen atoms in total. The summed E-state index contributed by atoms with van der Waals surface area (Å²) < 4.78 is 19.3. The number of rotatable bonds is 3. The molecule has 0 unspecified atom stereocenters. The number of thiophene rings is 1. The number of fused-ring (bicyclic) bond motifs is 1. The molecule has 0 aliphatic heterocycles. The van der Waals surface area contributed by atoms with E-state index in [1.807, 2.05) is 11.4 Å². The van der Waals surface area contributed by atoms with E-state index in [9.17, 15) is 4.39 Å². The summed E-state index contributed by atoms with van der Waals surface area (Å²) in [5, 5.41) is 5.62. The van der Waals surface area contributed by atoms with Crippen molar-refractivity contribution in [3.63, 3.8) is 0 Å². The third-order valence-electron chi connectivity index (χ3n) is 2.87. The van der Waals surface area contributed by atoms with Gasteiger partial charge in [-0.2, -0.15) is 4.98 Å². The highest BCUT2D eigenvalue weighted by molar-refractivity contribution is 7.16. The van der Waals surface area contributed by atoms with Gasteiger partial charge in [0.25, 0.3) is 0 Å². The van der Waals surface area contributed by atoms with Crippen LogP contribution >= 0.6 is 11.3 Å². The normalized spacial score (nSPS) is 10.8. The highest BCUT2D eigenvalue weighted by Crippen LogP contribution is 2.31. The van der Waals surface area contributed by atoms with Gasteiger partial charge in [-0.3, -0.25) is 0 Å². The minimum absolute atomic E-state index is 0.299. The van der Waals surface area contributed by atoms with E-state index in [1.54, 1.807) is 26.1 Å². The zero-order chi connectivity index (χ0) is 14.1. The van der Waals surface area contributed by atoms with Crippen LogP contribution in [0.1, 0.15) is 5.56 Å². The molecule has 0 saturated heterocycles. The fourth-order valence-corrected chi connectivity index (χ4v) is 2.52. The zero-order valence-electron chi connectivity index (χ0n) is 11.0. The van der Waals surface area contributed by atoms with Crippen molar-refractivity contribution < 1.29 is 9.13 Å². The summed E-state index contributed by atoms with van der Waals surface area (Å²) in [4.78, 5) is 9.43. The van der Waals surface area contributed by atoms with Crippen molar-refractivity contribution in [1.82, 2.24) is 9.97 Å². The SMILES string of the molecule is CNc1nc(Oc2ccc(C)c(F)c2)c2ccsc2n1. The third-order valence-corrected chi connectivity index (χ3v) is 3.68. The number of anilines is 1. The second-order valence-electron chi connectivity index (χ2n) is 4.25. The lowest BCUT2D eigenvalue weighted by Gasteiger charge is -2.08. The van der Waals surface area contributed by atoms with Gasteiger partial charge < -0.3 is 10.1 Å². The van der Waals surface area contributed by atoms with E-state index in [0.717, 1.165) is 10.2 Å². The van der Waals surface area contributed by atoms with Gasteiger partial charge in [-0.25, -0.2) is 9.37 Å². The molecule has 0 aliphatic carbocycles. The van der Waals surface area contributed by atoms with Crippen LogP contribution in [0, 0.1) is 12.7 Å². The molecule has 3 rings (SSSR count). The van der Waals surface area contributed by atoms with E-state index in [2.05, 4.69) is 15.3 Å². The maximum absolute atomic E-state index is 13.6. The molecule has 0 atom stereocenters. The maximum Gasteiger partial charge on any atom is 0.232 e. The summed E-state index contributed by atoms with van der Waals surface area (Å²) in [7, 11) is 1.74. The molecule has 20 heavy (non-hydrogen) atoms. The van der Waals surface area contributed by atoms with Gasteiger partial charge in [0, 0.05) is 13.1 Å². The number of aryl methyl sites for hydroxylation is 1. The minimum Gasteiger partial charge on any atom is -0.438 e. The highest BCUT2D eigenvalue weighted by atomic mass is 32.1. The molecule has 6 heteroatoms. The number of ether oxygens (including phenoxy) is 1. The molecule has 102 valence electrons. The Labute approximate surface area is 119 Å². The van der Waals surface area contributed by atoms with E-state index in [0.29, 0.717) is 23.1 Å². The molecule has 0 aliphatic rings. The summed E-state index contributed by atoms with van der Waals surface area (Å²) in [5.74, 6) is 1.01. The Bertz CT molecular complexity index is 772. The summed E-state index contributed by atoms with van der Waals surface area (Å²) >= 11 is 1.50. The lowest BCUT2D eigenvalue weighted by Crippen LogP contribution is -1.98. The Morgan fingerprint density at radius 1 is 1.25 bits per heavy atom. The molecule has 0 radical (unpaired) electrons. The summed E-state index contributed by atoms with van der Waals surface area (Å²) in [5.41, 5.74) is 0.580. The molecule has 1 aromatic carbocycles. The molecule has 1 N–H and O–H groups in total. The van der Waals surface area contributed by atoms with Crippen LogP contribution < -0.4 is 10.1 Å². The summed E-state index contributed by atoms with van der Waals surface area (Å²) in [6.45, 7) is 1.71. The number of nitrogens with one attached hydrogen (secondary N) is 1. The molecule has 0 fully saturated rings. The van der Waals surface area contributed by atoms with Gasteiger partial charge >= 0.3 is 0 Å². The van der Waals surface area contributed by atoms with Crippen LogP contribution in [0.2, 0.25) is 0 Å². The third kappa shape index (κ3) is 2.30. The first-order valence-electron chi connectivity index (χ1n) is 6.04. The van der Waals surface area contributed by atoms with Crippen molar-refractivity contribution in [3.8, 4) is 11.6 Å². The van der Waals surface area contributed by atoms with Crippen LogP contribution in [-0.2, 0) is 0 Å². The Morgan fingerprint density at radius 2 is 2.10 bits per heavy atom. The van der Waals surface area contributed by atoms with Gasteiger partial charge in [0.2, 0.25) is 11.8 Å². The number of aromatic nitrogens is 2. The topological polar surface area (TPSA) is 47.0 Å². The van der Waals surface area contributed by atoms with E-state index in [1.165, 1.54) is 17.4 Å². The quantitative estimate of drug-likeness (QED) is 0.792. The van der Waals surface area contributed by atoms with E-state index in [4.69, 9.17) is 4.74 Å². The molecule has 0 spiro atoms. The second-order valence-corrected chi connectivity index (χ2v) is 5.15. The molecular formula is C14H12FN3OS. The van der Waals surface area contributed by atoms with Crippen LogP contribution in [0.3, 0.4) is 0 Å². The second kappa shape index (κ2) is 5.05. The Kier molecular flexibility index (Phi) is 3.23. The lowest BCUT2D eigenvalue weighted by atomic mass is 10.2. The predicted octanol–water partition coefficient (Wildman–Crippen LogP) is 3.97. The monoisotopic (exact) mass is 289 g/mol. The first-order valence-corrected chi connectivity index (χ1v) is 6.92. The largest absolute Gasteiger partial charge is 0.438 e. The number of halogens is 1. The highest BCUT2D eigenvalue weighted by Gasteiger charge is 2.11. The van der Waals surface area contributed by atoms with Gasteiger partial charge in [-0.05, 0) is 30.0 Å². The zero-order valence-corrected chi connectivity index (χ0v) is 11.8. The molecule has 0 amide bonds. The first-order chi connectivity index (χ1) is 9.67. The van der Waals surface area contributed by atoms with Gasteiger partial charge in [-0.1, -0.05) is 6.07 Å². The predicted molar refractivity (Wildman–Crippen MR) is 78.2 cm³/mol. The van der Waals surface area contributed by atoms with Crippen molar-refractivity contribution in [2.75, 3.05) is 12.4 Å². The van der Waals surface area contributed by atoms with Crippen LogP contribution in [-0.4, -0.2) is 17.0 Å². The van der Waals surface area contributed by atoms with Crippen molar-refractivity contribution >= 4 is 27.5 Å². The van der Waals surface area contributed by atoms with Crippen molar-refractivity contribution in [1.29, 1.82) is 0 Å². The van der Waals surface area contributed by atoms with E-state index in [-0.39, 0.29) is 5.82 Å². The van der Waals surface area contributed by atoms with Gasteiger partial charge in [-0.15, -0.1) is 11.3 Å². The Hall–Kier alpha value is -2.21. The molecule has 0 bridgehead atoms. The fraction of sp³-hybridized carbons (Fsp3) is 0.143. The number of nitrogens with zero attached hydrogens (tertiary/aromatic N) is 2. The summed E-state index contributed by atoms with van der Waals surface area (Å²) in [6, 6.07) is 6.64. The molecular weight excluding hydrogens is 277 g/mol. The minimum atomic E-state index is -0.299. The van der Waals surface area contributed by atoms with Gasteiger partial charge in [0.15, 0.2) is 0 Å². The molecule has 2 heterocycles. The average molecular weight is 289 g/mol. The smallest absolute Gasteiger partial charge is 0.232 e. The van der Waals surface area contributed by atoms with Crippen LogP contribution in [0.25, 0.3) is 10.2 Å². The van der Waals surface area contributed by atoms with E-state index < -0.39 is 0 Å². The molecule has 2 aromatic heterocycles. The van der Waals surface area contributed by atoms with Crippen LogP contribution in [0.15, 0.2) is 29.6 Å². The van der Waals surface area contributed by atoms with Crippen LogP contribution in [0.4, 0.5) is 10.3 Å². The van der Waals surface area contributed by atoms with Gasteiger partial charge in [0.05, 0.1) is 5.39 Å². The number of hydrogen-bond donors (Lipinski definition) is 1. The Morgan fingerprint density at radius 3 is 2.85 bits per heavy atom. The fourth-order valence-electron chi connectivity index (χ4n) is 1.77. The number of hydrogen-bond acceptors (Lipinski definition) is 5. The molecule has 0 saturated carbocycles. The Balaban J connectivity index is 2.04. The van der Waals surface area contributed by atoms with Crippen molar-refractivity contribution in [2.45, 2.75) is 6.92 Å². The molecule has 3 aromatic rings. The lowest BCUT2D eigenvalue weighted by molar-refractivity contribution is 0.463. The first kappa shape index (κ1) is 12.8. The van der Waals surface area contributed by atoms with Crippen molar-refractivity contribution in [3.05, 3.63) is 41.0 Å². The maximum atomic E-state index is 13.6. The van der Waals surface area contributed by atoms with Crippen LogP contribution in [0.5, 0.6) is 11.6 Å². The van der Waals surface area contributed by atoms with Gasteiger partial charge in [0.1, 0.15) is 16.4 Å².